The predicted octanol–water partition coefficient (Wildman–Crippen LogP) is -0.0308. The molecular formula is C13H19N3O4. The third-order valence-electron chi connectivity index (χ3n) is 3.58. The van der Waals surface area contributed by atoms with Gasteiger partial charge in [-0.05, 0) is 19.1 Å². The van der Waals surface area contributed by atoms with Crippen LogP contribution in [0.5, 0.6) is 0 Å². The molecule has 3 N–H and O–H groups in total. The lowest BCUT2D eigenvalue weighted by Crippen LogP contribution is -2.53. The Morgan fingerprint density at radius 2 is 2.00 bits per heavy atom. The summed E-state index contributed by atoms with van der Waals surface area (Å²) in [5.74, 6) is -0.160. The molecule has 1 aliphatic rings. The maximum atomic E-state index is 12.2. The minimum Gasteiger partial charge on any atom is -0.480 e. The summed E-state index contributed by atoms with van der Waals surface area (Å²) in [7, 11) is 0. The summed E-state index contributed by atoms with van der Waals surface area (Å²) < 4.78 is 5.34. The maximum Gasteiger partial charge on any atom is 0.320 e. The first-order valence-electron chi connectivity index (χ1n) is 6.58. The van der Waals surface area contributed by atoms with E-state index in [0.717, 1.165) is 0 Å². The van der Waals surface area contributed by atoms with Crippen LogP contribution in [-0.2, 0) is 11.3 Å². The van der Waals surface area contributed by atoms with E-state index in [1.165, 1.54) is 0 Å². The van der Waals surface area contributed by atoms with E-state index in [2.05, 4.69) is 0 Å². The Bertz CT molecular complexity index is 492. The smallest absolute Gasteiger partial charge is 0.320 e. The number of carbonyl (C=O) groups is 2. The second-order valence-corrected chi connectivity index (χ2v) is 4.81. The van der Waals surface area contributed by atoms with Crippen molar-refractivity contribution < 1.29 is 19.1 Å². The summed E-state index contributed by atoms with van der Waals surface area (Å²) in [6.45, 7) is 3.99. The van der Waals surface area contributed by atoms with E-state index >= 15 is 0 Å². The third-order valence-corrected chi connectivity index (χ3v) is 3.58. The average Bonchev–Trinajstić information content (AvgIpc) is 2.94. The lowest BCUT2D eigenvalue weighted by atomic mass is 10.2. The van der Waals surface area contributed by atoms with Crippen molar-refractivity contribution in [1.29, 1.82) is 0 Å². The Balaban J connectivity index is 1.93. The van der Waals surface area contributed by atoms with Gasteiger partial charge in [-0.2, -0.15) is 0 Å². The van der Waals surface area contributed by atoms with Gasteiger partial charge in [0, 0.05) is 26.2 Å². The molecule has 1 aliphatic heterocycles. The van der Waals surface area contributed by atoms with E-state index in [1.54, 1.807) is 24.0 Å². The Kier molecular flexibility index (Phi) is 4.41. The van der Waals surface area contributed by atoms with Crippen molar-refractivity contribution in [2.75, 3.05) is 26.2 Å². The molecule has 7 heteroatoms. The lowest BCUT2D eigenvalue weighted by molar-refractivity contribution is -0.143. The molecule has 0 spiro atoms. The Morgan fingerprint density at radius 3 is 2.50 bits per heavy atom. The average molecular weight is 281 g/mol. The summed E-state index contributed by atoms with van der Waals surface area (Å²) in [4.78, 5) is 26.6. The number of aliphatic carboxylic acids is 1. The molecule has 1 atom stereocenters. The highest BCUT2D eigenvalue weighted by Crippen LogP contribution is 2.13. The van der Waals surface area contributed by atoms with E-state index in [-0.39, 0.29) is 18.2 Å². The molecule has 0 radical (unpaired) electrons. The van der Waals surface area contributed by atoms with Gasteiger partial charge in [0.15, 0.2) is 5.76 Å². The van der Waals surface area contributed by atoms with Gasteiger partial charge in [0.1, 0.15) is 11.8 Å². The number of hydrogen-bond donors (Lipinski definition) is 2. The van der Waals surface area contributed by atoms with Gasteiger partial charge in [0.2, 0.25) is 0 Å². The number of carboxylic acid groups (broad SMARTS) is 1. The quantitative estimate of drug-likeness (QED) is 0.804. The molecule has 0 bridgehead atoms. The Hall–Kier alpha value is -1.86. The van der Waals surface area contributed by atoms with Gasteiger partial charge >= 0.3 is 5.97 Å². The van der Waals surface area contributed by atoms with Crippen LogP contribution in [0.15, 0.2) is 16.5 Å². The SMILES string of the molecule is CC(C(=O)O)N1CCN(C(=O)c2ccc(CN)o2)CC1. The minimum absolute atomic E-state index is 0.174. The second kappa shape index (κ2) is 6.06. The van der Waals surface area contributed by atoms with Crippen molar-refractivity contribution >= 4 is 11.9 Å². The van der Waals surface area contributed by atoms with E-state index in [4.69, 9.17) is 15.3 Å². The predicted molar refractivity (Wildman–Crippen MR) is 71.2 cm³/mol. The molecule has 7 nitrogen and oxygen atoms in total. The normalized spacial score (nSPS) is 18.0. The van der Waals surface area contributed by atoms with E-state index in [0.29, 0.717) is 31.9 Å². The molecule has 1 fully saturated rings. The van der Waals surface area contributed by atoms with Gasteiger partial charge in [-0.25, -0.2) is 0 Å². The molecule has 1 amide bonds. The van der Waals surface area contributed by atoms with Crippen LogP contribution in [0.1, 0.15) is 23.2 Å². The number of piperazine rings is 1. The van der Waals surface area contributed by atoms with Crippen LogP contribution in [-0.4, -0.2) is 59.0 Å². The van der Waals surface area contributed by atoms with Crippen LogP contribution in [0.4, 0.5) is 0 Å². The number of carboxylic acids is 1. The summed E-state index contributed by atoms with van der Waals surface area (Å²) >= 11 is 0. The molecule has 1 saturated heterocycles. The number of nitrogens with two attached hydrogens (primary N) is 1. The molecule has 1 aromatic heterocycles. The molecule has 1 unspecified atom stereocenters. The van der Waals surface area contributed by atoms with Crippen molar-refractivity contribution in [3.05, 3.63) is 23.7 Å². The maximum absolute atomic E-state index is 12.2. The van der Waals surface area contributed by atoms with Crippen molar-refractivity contribution in [2.24, 2.45) is 5.73 Å². The standard InChI is InChI=1S/C13H19N3O4/c1-9(13(18)19)15-4-6-16(7-5-15)12(17)11-3-2-10(8-14)20-11/h2-3,9H,4-8,14H2,1H3,(H,18,19). The van der Waals surface area contributed by atoms with Gasteiger partial charge in [-0.15, -0.1) is 0 Å². The molecule has 20 heavy (non-hydrogen) atoms. The highest BCUT2D eigenvalue weighted by atomic mass is 16.4. The highest BCUT2D eigenvalue weighted by Gasteiger charge is 2.28. The number of hydrogen-bond acceptors (Lipinski definition) is 5. The summed E-state index contributed by atoms with van der Waals surface area (Å²) in [6.07, 6.45) is 0. The van der Waals surface area contributed by atoms with Crippen LogP contribution in [0.3, 0.4) is 0 Å². The summed E-state index contributed by atoms with van der Waals surface area (Å²) in [6, 6.07) is 2.78. The Morgan fingerprint density at radius 1 is 1.35 bits per heavy atom. The van der Waals surface area contributed by atoms with Gasteiger partial charge in [-0.3, -0.25) is 14.5 Å². The molecular weight excluding hydrogens is 262 g/mol. The van der Waals surface area contributed by atoms with Gasteiger partial charge < -0.3 is 20.2 Å². The zero-order chi connectivity index (χ0) is 14.7. The fraction of sp³-hybridized carbons (Fsp3) is 0.538. The van der Waals surface area contributed by atoms with Gasteiger partial charge in [0.25, 0.3) is 5.91 Å². The molecule has 0 saturated carbocycles. The van der Waals surface area contributed by atoms with Crippen LogP contribution >= 0.6 is 0 Å². The zero-order valence-electron chi connectivity index (χ0n) is 11.4. The highest BCUT2D eigenvalue weighted by molar-refractivity contribution is 5.91. The number of furan rings is 1. The van der Waals surface area contributed by atoms with Crippen molar-refractivity contribution in [2.45, 2.75) is 19.5 Å². The largest absolute Gasteiger partial charge is 0.480 e. The summed E-state index contributed by atoms with van der Waals surface area (Å²) in [5.41, 5.74) is 5.44. The number of carbonyl (C=O) groups excluding carboxylic acids is 1. The van der Waals surface area contributed by atoms with Crippen molar-refractivity contribution in [3.63, 3.8) is 0 Å². The van der Waals surface area contributed by atoms with Gasteiger partial charge in [0.05, 0.1) is 6.54 Å². The molecule has 2 rings (SSSR count). The topological polar surface area (TPSA) is 100 Å². The first kappa shape index (κ1) is 14.5. The van der Waals surface area contributed by atoms with Crippen LogP contribution in [0, 0.1) is 0 Å². The molecule has 0 aliphatic carbocycles. The Labute approximate surface area is 116 Å². The zero-order valence-corrected chi connectivity index (χ0v) is 11.4. The first-order chi connectivity index (χ1) is 9.52. The van der Waals surface area contributed by atoms with Crippen LogP contribution < -0.4 is 5.73 Å². The van der Waals surface area contributed by atoms with Crippen molar-refractivity contribution in [3.8, 4) is 0 Å². The fourth-order valence-corrected chi connectivity index (χ4v) is 2.23. The summed E-state index contributed by atoms with van der Waals surface area (Å²) in [5, 5.41) is 8.97. The number of rotatable bonds is 4. The van der Waals surface area contributed by atoms with Crippen LogP contribution in [0.25, 0.3) is 0 Å². The number of nitrogens with zero attached hydrogens (tertiary/aromatic N) is 2. The van der Waals surface area contributed by atoms with Gasteiger partial charge in [-0.1, -0.05) is 0 Å². The molecule has 2 heterocycles. The fourth-order valence-electron chi connectivity index (χ4n) is 2.23. The first-order valence-corrected chi connectivity index (χ1v) is 6.58. The minimum atomic E-state index is -0.844. The third kappa shape index (κ3) is 3.00. The van der Waals surface area contributed by atoms with Crippen LogP contribution in [0.2, 0.25) is 0 Å². The molecule has 1 aromatic rings. The van der Waals surface area contributed by atoms with E-state index in [1.807, 2.05) is 4.90 Å². The second-order valence-electron chi connectivity index (χ2n) is 4.81. The van der Waals surface area contributed by atoms with Crippen molar-refractivity contribution in [1.82, 2.24) is 9.80 Å². The molecule has 0 aromatic carbocycles. The molecule has 110 valence electrons. The number of amides is 1. The lowest BCUT2D eigenvalue weighted by Gasteiger charge is -2.36. The van der Waals surface area contributed by atoms with E-state index < -0.39 is 12.0 Å². The van der Waals surface area contributed by atoms with E-state index in [9.17, 15) is 9.59 Å². The monoisotopic (exact) mass is 281 g/mol.